The molecule has 1 heterocycles. The van der Waals surface area contributed by atoms with Crippen LogP contribution in [0.3, 0.4) is 0 Å². The lowest BCUT2D eigenvalue weighted by molar-refractivity contribution is -0.138. The number of alkyl halides is 6. The second-order valence-electron chi connectivity index (χ2n) is 15.5. The molecule has 0 atom stereocenters. The summed E-state index contributed by atoms with van der Waals surface area (Å²) < 4.78 is 90.4. The fourth-order valence-electron chi connectivity index (χ4n) is 5.82. The molecule has 1 aliphatic heterocycles. The van der Waals surface area contributed by atoms with Gasteiger partial charge in [-0.2, -0.15) is 26.3 Å². The number of benzene rings is 5. The molecule has 0 aliphatic carbocycles. The number of aryl methyl sites for hydroxylation is 3. The molecule has 0 aromatic heterocycles. The van der Waals surface area contributed by atoms with Crippen LogP contribution in [0.25, 0.3) is 0 Å². The maximum atomic E-state index is 12.9. The zero-order chi connectivity index (χ0) is 45.7. The van der Waals surface area contributed by atoms with Crippen LogP contribution in [0.15, 0.2) is 112 Å². The predicted molar refractivity (Wildman–Crippen MR) is 231 cm³/mol. The Balaban J connectivity index is 0.000000223. The third-order valence-corrected chi connectivity index (χ3v) is 12.0. The van der Waals surface area contributed by atoms with Gasteiger partial charge in [0.2, 0.25) is 0 Å². The van der Waals surface area contributed by atoms with Gasteiger partial charge in [-0.3, -0.25) is 9.59 Å². The maximum Gasteiger partial charge on any atom is 0.495 e. The Labute approximate surface area is 368 Å². The summed E-state index contributed by atoms with van der Waals surface area (Å²) >= 11 is 6.59. The van der Waals surface area contributed by atoms with Gasteiger partial charge in [0.1, 0.15) is 0 Å². The molecule has 5 aromatic rings. The van der Waals surface area contributed by atoms with Gasteiger partial charge >= 0.3 is 25.4 Å². The third-order valence-electron chi connectivity index (χ3n) is 10.3. The van der Waals surface area contributed by atoms with Gasteiger partial charge in [-0.05, 0) is 107 Å². The molecule has 0 radical (unpaired) electrons. The maximum absolute atomic E-state index is 12.9. The van der Waals surface area contributed by atoms with Crippen molar-refractivity contribution in [1.82, 2.24) is 0 Å². The predicted octanol–water partition coefficient (Wildman–Crippen LogP) is 12.4. The molecule has 1 saturated heterocycles. The van der Waals surface area contributed by atoms with E-state index in [0.29, 0.717) is 27.8 Å². The molecule has 0 unspecified atom stereocenters. The lowest BCUT2D eigenvalue weighted by Gasteiger charge is -2.32. The van der Waals surface area contributed by atoms with Crippen molar-refractivity contribution in [3.63, 3.8) is 0 Å². The molecule has 0 amide bonds. The van der Waals surface area contributed by atoms with Gasteiger partial charge in [-0.25, -0.2) is 4.79 Å². The first-order valence-electron chi connectivity index (χ1n) is 18.8. The van der Waals surface area contributed by atoms with E-state index in [1.54, 1.807) is 54.6 Å². The first-order valence-corrected chi connectivity index (χ1v) is 20.4. The monoisotopic (exact) mass is 974 g/mol. The average Bonchev–Trinajstić information content (AvgIpc) is 3.39. The van der Waals surface area contributed by atoms with Crippen LogP contribution in [0.2, 0.25) is 0 Å². The SMILES string of the molecule is Cc1ccc(C(=O)Cc2cccc(C(F)(F)F)c2)cc1B1OC(C)(C)C(C)(C)O1.Cc1ccc(C(=O)Cc2cccc(C(F)(F)F)c2)cc1Br.Cc1ccc(C(=O)O)cc1Br. The third kappa shape index (κ3) is 13.2. The van der Waals surface area contributed by atoms with Crippen LogP contribution < -0.4 is 5.46 Å². The second-order valence-corrected chi connectivity index (χ2v) is 17.2. The summed E-state index contributed by atoms with van der Waals surface area (Å²) in [5.74, 6) is -1.37. The van der Waals surface area contributed by atoms with Gasteiger partial charge in [-0.1, -0.05) is 110 Å². The van der Waals surface area contributed by atoms with Crippen molar-refractivity contribution in [1.29, 1.82) is 0 Å². The highest BCUT2D eigenvalue weighted by Gasteiger charge is 2.52. The van der Waals surface area contributed by atoms with Crippen molar-refractivity contribution in [3.05, 3.63) is 168 Å². The summed E-state index contributed by atoms with van der Waals surface area (Å²) in [6, 6.07) is 25.0. The highest BCUT2D eigenvalue weighted by molar-refractivity contribution is 9.10. The summed E-state index contributed by atoms with van der Waals surface area (Å²) in [7, 11) is -0.610. The Bertz CT molecular complexity index is 2400. The van der Waals surface area contributed by atoms with Crippen molar-refractivity contribution >= 4 is 62.0 Å². The van der Waals surface area contributed by atoms with Crippen LogP contribution in [-0.4, -0.2) is 41.0 Å². The molecule has 322 valence electrons. The van der Waals surface area contributed by atoms with Gasteiger partial charge in [0.05, 0.1) is 27.9 Å². The minimum Gasteiger partial charge on any atom is -0.478 e. The lowest BCUT2D eigenvalue weighted by atomic mass is 9.75. The lowest BCUT2D eigenvalue weighted by Crippen LogP contribution is -2.41. The van der Waals surface area contributed by atoms with E-state index in [1.807, 2.05) is 48.5 Å². The van der Waals surface area contributed by atoms with Gasteiger partial charge in [0.25, 0.3) is 0 Å². The summed E-state index contributed by atoms with van der Waals surface area (Å²) in [6.07, 6.45) is -9.01. The molecule has 1 fully saturated rings. The standard InChI is InChI=1S/C22H24BF3O3.C16H12BrF3O.C8H7BrO2/c1-14-9-10-16(13-18(14)23-28-20(2,3)21(4,5)29-23)19(27)12-15-7-6-8-17(11-15)22(24,25)26;1-10-5-6-12(9-14(10)17)15(21)8-11-3-2-4-13(7-11)16(18,19)20;1-5-2-3-6(8(10)11)4-7(5)9/h6-11,13H,12H2,1-5H3;2-7,9H,8H2,1H3;2-4H,1H3,(H,10,11). The van der Waals surface area contributed by atoms with Gasteiger partial charge in [-0.15, -0.1) is 0 Å². The smallest absolute Gasteiger partial charge is 0.478 e. The minimum atomic E-state index is -4.44. The van der Waals surface area contributed by atoms with Crippen LogP contribution in [0, 0.1) is 20.8 Å². The largest absolute Gasteiger partial charge is 0.495 e. The van der Waals surface area contributed by atoms with Crippen LogP contribution in [0.5, 0.6) is 0 Å². The van der Waals surface area contributed by atoms with Gasteiger partial charge < -0.3 is 14.4 Å². The second kappa shape index (κ2) is 19.6. The number of hydrogen-bond donors (Lipinski definition) is 1. The number of hydrogen-bond acceptors (Lipinski definition) is 5. The minimum absolute atomic E-state index is 0.0561. The molecule has 6 rings (SSSR count). The fraction of sp³-hybridized carbons (Fsp3) is 0.283. The van der Waals surface area contributed by atoms with E-state index < -0.39 is 47.8 Å². The van der Waals surface area contributed by atoms with Crippen molar-refractivity contribution in [2.75, 3.05) is 0 Å². The number of Topliss-reactive ketones (excluding diaryl/α,β-unsaturated/α-hetero) is 2. The zero-order valence-electron chi connectivity index (χ0n) is 34.3. The first kappa shape index (κ1) is 49.1. The van der Waals surface area contributed by atoms with E-state index in [0.717, 1.165) is 55.4 Å². The average molecular weight is 976 g/mol. The highest BCUT2D eigenvalue weighted by atomic mass is 79.9. The van der Waals surface area contributed by atoms with Crippen molar-refractivity contribution in [3.8, 4) is 0 Å². The Kier molecular flexibility index (Phi) is 15.8. The Hall–Kier alpha value is -4.57. The summed E-state index contributed by atoms with van der Waals surface area (Å²) in [6.45, 7) is 13.5. The molecule has 61 heavy (non-hydrogen) atoms. The number of aromatic carboxylic acids is 1. The number of carboxylic acid groups (broad SMARTS) is 1. The number of carbonyl (C=O) groups excluding carboxylic acids is 2. The molecular weight excluding hydrogens is 933 g/mol. The molecule has 0 spiro atoms. The Morgan fingerprint density at radius 2 is 0.951 bits per heavy atom. The van der Waals surface area contributed by atoms with E-state index in [1.165, 1.54) is 24.3 Å². The number of carbonyl (C=O) groups is 3. The van der Waals surface area contributed by atoms with Crippen LogP contribution in [-0.2, 0) is 34.5 Å². The fourth-order valence-corrected chi connectivity index (χ4v) is 6.58. The zero-order valence-corrected chi connectivity index (χ0v) is 37.5. The van der Waals surface area contributed by atoms with E-state index in [4.69, 9.17) is 14.4 Å². The first-order chi connectivity index (χ1) is 28.2. The quantitative estimate of drug-likeness (QED) is 0.0946. The number of halogens is 8. The van der Waals surface area contributed by atoms with Gasteiger partial charge in [0, 0.05) is 32.9 Å². The molecule has 6 nitrogen and oxygen atoms in total. The van der Waals surface area contributed by atoms with E-state index >= 15 is 0 Å². The molecule has 0 bridgehead atoms. The Morgan fingerprint density at radius 3 is 1.34 bits per heavy atom. The molecule has 1 N–H and O–H groups in total. The van der Waals surface area contributed by atoms with E-state index in [2.05, 4.69) is 31.9 Å². The van der Waals surface area contributed by atoms with Crippen molar-refractivity contribution in [2.24, 2.45) is 0 Å². The van der Waals surface area contributed by atoms with Crippen molar-refractivity contribution in [2.45, 2.75) is 84.9 Å². The Morgan fingerprint density at radius 1 is 0.574 bits per heavy atom. The van der Waals surface area contributed by atoms with Crippen LogP contribution in [0.1, 0.15) is 97.7 Å². The number of ketones is 2. The van der Waals surface area contributed by atoms with E-state index in [9.17, 15) is 40.7 Å². The van der Waals surface area contributed by atoms with Gasteiger partial charge in [0.15, 0.2) is 11.6 Å². The molecule has 1 aliphatic rings. The summed E-state index contributed by atoms with van der Waals surface area (Å²) in [5, 5.41) is 8.58. The molecule has 15 heteroatoms. The molecule has 5 aromatic carbocycles. The van der Waals surface area contributed by atoms with Crippen LogP contribution >= 0.6 is 31.9 Å². The number of rotatable bonds is 8. The van der Waals surface area contributed by atoms with Crippen molar-refractivity contribution < 1.29 is 55.1 Å². The topological polar surface area (TPSA) is 89.9 Å². The highest BCUT2D eigenvalue weighted by Crippen LogP contribution is 2.37. The normalized spacial score (nSPS) is 14.3. The summed E-state index contributed by atoms with van der Waals surface area (Å²) in [4.78, 5) is 35.3. The van der Waals surface area contributed by atoms with Crippen LogP contribution in [0.4, 0.5) is 26.3 Å². The number of carboxylic acids is 1. The summed E-state index contributed by atoms with van der Waals surface area (Å²) in [5.41, 5.74) is 3.05. The molecule has 0 saturated carbocycles. The van der Waals surface area contributed by atoms with E-state index in [-0.39, 0.29) is 24.4 Å². The molecular formula is C46H43BBr2F6O6.